The molecule has 0 saturated carbocycles. The van der Waals surface area contributed by atoms with E-state index in [1.165, 1.54) is 7.11 Å². The number of nitrogens with one attached hydrogen (secondary N) is 1. The van der Waals surface area contributed by atoms with Crippen LogP contribution in [-0.4, -0.2) is 36.9 Å². The highest BCUT2D eigenvalue weighted by atomic mass is 32.2. The molecule has 0 aliphatic carbocycles. The Hall–Kier alpha value is -2.80. The Morgan fingerprint density at radius 1 is 1.12 bits per heavy atom. The SMILES string of the molecule is COc1ccccc1C(=O)COc1ccc(CCSC(=O)NC=O)cc1. The van der Waals surface area contributed by atoms with Gasteiger partial charge in [-0.1, -0.05) is 36.0 Å². The summed E-state index contributed by atoms with van der Waals surface area (Å²) in [5.41, 5.74) is 1.51. The summed E-state index contributed by atoms with van der Waals surface area (Å²) in [4.78, 5) is 33.5. The average Bonchev–Trinajstić information content (AvgIpc) is 2.67. The van der Waals surface area contributed by atoms with Gasteiger partial charge in [-0.15, -0.1) is 0 Å². The van der Waals surface area contributed by atoms with E-state index in [4.69, 9.17) is 9.47 Å². The monoisotopic (exact) mass is 373 g/mol. The van der Waals surface area contributed by atoms with Crippen LogP contribution in [0.2, 0.25) is 0 Å². The number of carbonyl (C=O) groups excluding carboxylic acids is 3. The Morgan fingerprint density at radius 2 is 1.85 bits per heavy atom. The first-order chi connectivity index (χ1) is 12.6. The molecule has 0 heterocycles. The highest BCUT2D eigenvalue weighted by Gasteiger charge is 2.12. The maximum atomic E-state index is 12.3. The van der Waals surface area contributed by atoms with Gasteiger partial charge in [0.1, 0.15) is 11.5 Å². The quantitative estimate of drug-likeness (QED) is 0.537. The van der Waals surface area contributed by atoms with Crippen molar-refractivity contribution in [1.82, 2.24) is 5.32 Å². The molecule has 0 unspecified atom stereocenters. The number of methoxy groups -OCH3 is 1. The number of para-hydroxylation sites is 1. The van der Waals surface area contributed by atoms with Crippen LogP contribution in [0.25, 0.3) is 0 Å². The lowest BCUT2D eigenvalue weighted by Crippen LogP contribution is -2.16. The Balaban J connectivity index is 1.82. The number of aryl methyl sites for hydroxylation is 1. The largest absolute Gasteiger partial charge is 0.496 e. The van der Waals surface area contributed by atoms with Crippen LogP contribution in [0.15, 0.2) is 48.5 Å². The van der Waals surface area contributed by atoms with Gasteiger partial charge in [0.2, 0.25) is 12.2 Å². The molecule has 136 valence electrons. The molecule has 0 spiro atoms. The number of Topliss-reactive ketones (excluding diaryl/α,β-unsaturated/α-hetero) is 1. The lowest BCUT2D eigenvalue weighted by atomic mass is 10.1. The van der Waals surface area contributed by atoms with Crippen molar-refractivity contribution in [2.24, 2.45) is 0 Å². The van der Waals surface area contributed by atoms with Gasteiger partial charge in [-0.3, -0.25) is 19.7 Å². The maximum Gasteiger partial charge on any atom is 0.285 e. The van der Waals surface area contributed by atoms with E-state index >= 15 is 0 Å². The number of thioether (sulfide) groups is 1. The Bertz CT molecular complexity index is 761. The zero-order valence-electron chi connectivity index (χ0n) is 14.3. The number of imide groups is 1. The summed E-state index contributed by atoms with van der Waals surface area (Å²) in [6.45, 7) is -0.0819. The van der Waals surface area contributed by atoms with Crippen LogP contribution in [0.1, 0.15) is 15.9 Å². The minimum Gasteiger partial charge on any atom is -0.496 e. The molecule has 2 rings (SSSR count). The van der Waals surface area contributed by atoms with Gasteiger partial charge in [-0.05, 0) is 36.2 Å². The predicted molar refractivity (Wildman–Crippen MR) is 100 cm³/mol. The summed E-state index contributed by atoms with van der Waals surface area (Å²) < 4.78 is 10.7. The molecule has 7 heteroatoms. The van der Waals surface area contributed by atoms with E-state index in [-0.39, 0.29) is 17.6 Å². The van der Waals surface area contributed by atoms with Crippen molar-refractivity contribution in [2.75, 3.05) is 19.5 Å². The van der Waals surface area contributed by atoms with Crippen LogP contribution in [0, 0.1) is 0 Å². The zero-order chi connectivity index (χ0) is 18.8. The Morgan fingerprint density at radius 3 is 2.54 bits per heavy atom. The number of amides is 2. The van der Waals surface area contributed by atoms with E-state index in [9.17, 15) is 14.4 Å². The fourth-order valence-corrected chi connectivity index (χ4v) is 2.86. The van der Waals surface area contributed by atoms with Crippen LogP contribution in [0.4, 0.5) is 4.79 Å². The van der Waals surface area contributed by atoms with E-state index < -0.39 is 0 Å². The number of ether oxygens (including phenoxy) is 2. The smallest absolute Gasteiger partial charge is 0.285 e. The van der Waals surface area contributed by atoms with Crippen molar-refractivity contribution in [2.45, 2.75) is 6.42 Å². The normalized spacial score (nSPS) is 10.0. The molecule has 0 radical (unpaired) electrons. The molecule has 1 N–H and O–H groups in total. The molecule has 0 fully saturated rings. The summed E-state index contributed by atoms with van der Waals surface area (Å²) in [5.74, 6) is 1.51. The van der Waals surface area contributed by atoms with Crippen molar-refractivity contribution in [3.63, 3.8) is 0 Å². The van der Waals surface area contributed by atoms with Gasteiger partial charge in [-0.25, -0.2) is 0 Å². The van der Waals surface area contributed by atoms with E-state index in [0.29, 0.717) is 35.6 Å². The molecule has 2 aromatic rings. The standard InChI is InChI=1S/C19H19NO5S/c1-24-18-5-3-2-4-16(18)17(22)12-25-15-8-6-14(7-9-15)10-11-26-19(23)20-13-21/h2-9,13H,10-12H2,1H3,(H,20,21,23). The highest BCUT2D eigenvalue weighted by molar-refractivity contribution is 8.13. The molecular weight excluding hydrogens is 354 g/mol. The van der Waals surface area contributed by atoms with E-state index in [2.05, 4.69) is 5.32 Å². The number of hydrogen-bond acceptors (Lipinski definition) is 6. The van der Waals surface area contributed by atoms with Crippen LogP contribution in [0.5, 0.6) is 11.5 Å². The van der Waals surface area contributed by atoms with Crippen LogP contribution in [0.3, 0.4) is 0 Å². The van der Waals surface area contributed by atoms with Crippen LogP contribution >= 0.6 is 11.8 Å². The minimum absolute atomic E-state index is 0.0819. The summed E-state index contributed by atoms with van der Waals surface area (Å²) in [6.07, 6.45) is 1.05. The maximum absolute atomic E-state index is 12.3. The molecule has 6 nitrogen and oxygen atoms in total. The van der Waals surface area contributed by atoms with Gasteiger partial charge in [-0.2, -0.15) is 0 Å². The minimum atomic E-state index is -0.366. The van der Waals surface area contributed by atoms with Gasteiger partial charge in [0.15, 0.2) is 6.61 Å². The molecule has 0 aliphatic heterocycles. The zero-order valence-corrected chi connectivity index (χ0v) is 15.1. The van der Waals surface area contributed by atoms with Gasteiger partial charge >= 0.3 is 0 Å². The number of benzene rings is 2. The Kier molecular flexibility index (Phi) is 7.70. The molecule has 0 bridgehead atoms. The third-order valence-electron chi connectivity index (χ3n) is 3.50. The van der Waals surface area contributed by atoms with Crippen molar-refractivity contribution >= 4 is 29.2 Å². The topological polar surface area (TPSA) is 81.7 Å². The molecule has 26 heavy (non-hydrogen) atoms. The van der Waals surface area contributed by atoms with Crippen LogP contribution in [-0.2, 0) is 11.2 Å². The lowest BCUT2D eigenvalue weighted by Gasteiger charge is -2.09. The van der Waals surface area contributed by atoms with Gasteiger partial charge < -0.3 is 9.47 Å². The molecule has 0 saturated heterocycles. The van der Waals surface area contributed by atoms with Gasteiger partial charge in [0, 0.05) is 5.75 Å². The van der Waals surface area contributed by atoms with Crippen molar-refractivity contribution in [3.8, 4) is 11.5 Å². The third kappa shape index (κ3) is 5.93. The molecule has 0 aromatic heterocycles. The summed E-state index contributed by atoms with van der Waals surface area (Å²) in [5, 5.41) is 1.71. The molecular formula is C19H19NO5S. The van der Waals surface area contributed by atoms with Gasteiger partial charge in [0.25, 0.3) is 5.24 Å². The molecule has 2 aromatic carbocycles. The average molecular weight is 373 g/mol. The van der Waals surface area contributed by atoms with Crippen molar-refractivity contribution in [3.05, 3.63) is 59.7 Å². The first kappa shape index (κ1) is 19.5. The first-order valence-electron chi connectivity index (χ1n) is 7.89. The lowest BCUT2D eigenvalue weighted by molar-refractivity contribution is -0.108. The second-order valence-corrected chi connectivity index (χ2v) is 6.27. The van der Waals surface area contributed by atoms with E-state index in [1.807, 2.05) is 12.1 Å². The number of rotatable bonds is 9. The fourth-order valence-electron chi connectivity index (χ4n) is 2.21. The Labute approximate surface area is 155 Å². The summed E-state index contributed by atoms with van der Waals surface area (Å²) in [7, 11) is 1.52. The third-order valence-corrected chi connectivity index (χ3v) is 4.29. The van der Waals surface area contributed by atoms with Crippen molar-refractivity contribution in [1.29, 1.82) is 0 Å². The number of hydrogen-bond donors (Lipinski definition) is 1. The fraction of sp³-hybridized carbons (Fsp3) is 0.211. The second-order valence-electron chi connectivity index (χ2n) is 5.20. The summed E-state index contributed by atoms with van der Waals surface area (Å²) in [6, 6.07) is 14.3. The van der Waals surface area contributed by atoms with Crippen molar-refractivity contribution < 1.29 is 23.9 Å². The second kappa shape index (κ2) is 10.2. The predicted octanol–water partition coefficient (Wildman–Crippen LogP) is 3.10. The highest BCUT2D eigenvalue weighted by Crippen LogP contribution is 2.19. The van der Waals surface area contributed by atoms with E-state index in [0.717, 1.165) is 17.3 Å². The molecule has 0 atom stereocenters. The first-order valence-corrected chi connectivity index (χ1v) is 8.87. The molecule has 2 amide bonds. The number of carbonyl (C=O) groups is 3. The number of ketones is 1. The van der Waals surface area contributed by atoms with Crippen LogP contribution < -0.4 is 14.8 Å². The van der Waals surface area contributed by atoms with Gasteiger partial charge in [0.05, 0.1) is 12.7 Å². The van der Waals surface area contributed by atoms with E-state index in [1.54, 1.807) is 36.4 Å². The molecule has 0 aliphatic rings. The summed E-state index contributed by atoms with van der Waals surface area (Å²) >= 11 is 1.05.